The number of hydrogen-bond acceptors (Lipinski definition) is 3. The van der Waals surface area contributed by atoms with Crippen LogP contribution in [0.25, 0.3) is 0 Å². The van der Waals surface area contributed by atoms with Crippen molar-refractivity contribution < 1.29 is 14.3 Å². The van der Waals surface area contributed by atoms with Crippen molar-refractivity contribution in [2.45, 2.75) is 39.2 Å². The molecule has 0 aliphatic heterocycles. The van der Waals surface area contributed by atoms with Crippen molar-refractivity contribution in [1.29, 1.82) is 0 Å². The van der Waals surface area contributed by atoms with Crippen LogP contribution in [-0.2, 0) is 9.47 Å². The molecule has 0 fully saturated rings. The third-order valence-electron chi connectivity index (χ3n) is 3.60. The van der Waals surface area contributed by atoms with Gasteiger partial charge in [0.2, 0.25) is 0 Å². The maximum atomic E-state index is 12.2. The number of carbonyl (C=O) groups is 1. The van der Waals surface area contributed by atoms with Crippen LogP contribution in [0.2, 0.25) is 0 Å². The summed E-state index contributed by atoms with van der Waals surface area (Å²) < 4.78 is 10.6. The number of rotatable bonds is 11. The van der Waals surface area contributed by atoms with Crippen molar-refractivity contribution in [2.75, 3.05) is 26.9 Å². The minimum Gasteiger partial charge on any atom is -0.381 e. The van der Waals surface area contributed by atoms with Crippen LogP contribution in [0.3, 0.4) is 0 Å². The van der Waals surface area contributed by atoms with Gasteiger partial charge in [0.1, 0.15) is 0 Å². The molecule has 25 heavy (non-hydrogen) atoms. The van der Waals surface area contributed by atoms with Crippen molar-refractivity contribution in [3.8, 4) is 0 Å². The molecule has 0 aliphatic rings. The van der Waals surface area contributed by atoms with Crippen LogP contribution in [0.4, 0.5) is 4.79 Å². The summed E-state index contributed by atoms with van der Waals surface area (Å²) >= 11 is 0. The summed E-state index contributed by atoms with van der Waals surface area (Å²) in [4.78, 5) is 16.4. The molecule has 2 amide bonds. The van der Waals surface area contributed by atoms with Crippen LogP contribution in [0.5, 0.6) is 0 Å². The number of nitrogens with one attached hydrogen (secondary N) is 1. The normalized spacial score (nSPS) is 13.2. The number of unbranched alkanes of at least 4 members (excludes halogenated alkanes) is 1. The number of allylic oxidation sites excluding steroid dienone is 1. The molecule has 0 bridgehead atoms. The van der Waals surface area contributed by atoms with Crippen LogP contribution in [0.15, 0.2) is 47.5 Å². The number of amides is 2. The number of ether oxygens (including phenoxy) is 2. The summed E-state index contributed by atoms with van der Waals surface area (Å²) in [5, 5.41) is 2.90. The Morgan fingerprint density at radius 2 is 2.04 bits per heavy atom. The predicted molar refractivity (Wildman–Crippen MR) is 102 cm³/mol. The Morgan fingerprint density at radius 3 is 2.72 bits per heavy atom. The highest BCUT2D eigenvalue weighted by Crippen LogP contribution is 2.11. The molecule has 0 heterocycles. The maximum Gasteiger partial charge on any atom is 0.341 e. The zero-order valence-electron chi connectivity index (χ0n) is 15.5. The van der Waals surface area contributed by atoms with Gasteiger partial charge in [0.05, 0.1) is 19.3 Å². The maximum absolute atomic E-state index is 12.2. The third-order valence-corrected chi connectivity index (χ3v) is 3.60. The number of hydrogen-bond donors (Lipinski definition) is 1. The van der Waals surface area contributed by atoms with Gasteiger partial charge in [0.15, 0.2) is 0 Å². The van der Waals surface area contributed by atoms with E-state index in [1.54, 1.807) is 7.11 Å². The molecule has 0 radical (unpaired) electrons. The van der Waals surface area contributed by atoms with E-state index < -0.39 is 0 Å². The van der Waals surface area contributed by atoms with Gasteiger partial charge in [0, 0.05) is 25.8 Å². The Hall–Kier alpha value is -1.98. The average Bonchev–Trinajstić information content (AvgIpc) is 2.62. The van der Waals surface area contributed by atoms with Crippen LogP contribution in [0, 0.1) is 0 Å². The molecule has 1 unspecified atom stereocenters. The molecule has 0 aliphatic carbocycles. The summed E-state index contributed by atoms with van der Waals surface area (Å²) in [5.74, 6) is 0. The molecule has 0 aromatic heterocycles. The molecule has 0 spiro atoms. The zero-order valence-corrected chi connectivity index (χ0v) is 15.5. The monoisotopic (exact) mass is 346 g/mol. The molecule has 1 aromatic carbocycles. The number of methoxy groups -OCH3 is 1. The summed E-state index contributed by atoms with van der Waals surface area (Å²) in [6.45, 7) is 5.84. The molecular weight excluding hydrogens is 316 g/mol. The van der Waals surface area contributed by atoms with Crippen LogP contribution < -0.4 is 5.32 Å². The first-order chi connectivity index (χ1) is 12.2. The number of nitrogens with zero attached hydrogens (tertiary/aromatic N) is 1. The highest BCUT2D eigenvalue weighted by Gasteiger charge is 2.09. The minimum absolute atomic E-state index is 0.0949. The van der Waals surface area contributed by atoms with Crippen LogP contribution in [-0.4, -0.2) is 38.7 Å². The minimum atomic E-state index is -0.345. The Labute approximate surface area is 151 Å². The first-order valence-electron chi connectivity index (χ1n) is 8.83. The largest absolute Gasteiger partial charge is 0.381 e. The van der Waals surface area contributed by atoms with Gasteiger partial charge in [-0.3, -0.25) is 0 Å². The van der Waals surface area contributed by atoms with Gasteiger partial charge >= 0.3 is 6.03 Å². The molecule has 1 atom stereocenters. The first kappa shape index (κ1) is 21.1. The highest BCUT2D eigenvalue weighted by atomic mass is 16.5. The van der Waals surface area contributed by atoms with Gasteiger partial charge in [-0.2, -0.15) is 4.99 Å². The summed E-state index contributed by atoms with van der Waals surface area (Å²) in [7, 11) is 1.63. The van der Waals surface area contributed by atoms with Gasteiger partial charge in [-0.1, -0.05) is 49.8 Å². The van der Waals surface area contributed by atoms with Crippen molar-refractivity contribution in [3.63, 3.8) is 0 Å². The molecule has 5 nitrogen and oxygen atoms in total. The lowest BCUT2D eigenvalue weighted by atomic mass is 10.1. The molecule has 138 valence electrons. The molecular formula is C20H30N2O3. The van der Waals surface area contributed by atoms with E-state index in [1.165, 1.54) is 0 Å². The van der Waals surface area contributed by atoms with E-state index in [9.17, 15) is 4.79 Å². The topological polar surface area (TPSA) is 59.9 Å². The fourth-order valence-corrected chi connectivity index (χ4v) is 2.16. The Balaban J connectivity index is 2.59. The van der Waals surface area contributed by atoms with Gasteiger partial charge in [0.25, 0.3) is 0 Å². The van der Waals surface area contributed by atoms with Gasteiger partial charge in [-0.15, -0.1) is 0 Å². The van der Waals surface area contributed by atoms with E-state index >= 15 is 0 Å². The molecule has 1 N–H and O–H groups in total. The Bertz CT molecular complexity index is 541. The molecule has 1 rings (SSSR count). The lowest BCUT2D eigenvalue weighted by Gasteiger charge is -2.12. The quantitative estimate of drug-likeness (QED) is 0.480. The van der Waals surface area contributed by atoms with Crippen molar-refractivity contribution in [3.05, 3.63) is 48.0 Å². The first-order valence-corrected chi connectivity index (χ1v) is 8.83. The standard InChI is InChI=1S/C20H30N2O3/c1-4-5-15-25-16-13-19(12-9-14-24-3)22-20(23)21-17(2)18-10-7-6-8-11-18/h6-12,17H,4-5,13-16H2,1-3H3,(H,21,23)/b12-9-,22-19?. The van der Waals surface area contributed by atoms with Gasteiger partial charge in [-0.25, -0.2) is 4.79 Å². The second kappa shape index (κ2) is 13.3. The highest BCUT2D eigenvalue weighted by molar-refractivity contribution is 6.02. The zero-order chi connectivity index (χ0) is 18.3. The fraction of sp³-hybridized carbons (Fsp3) is 0.500. The predicted octanol–water partition coefficient (Wildman–Crippen LogP) is 4.31. The average molecular weight is 346 g/mol. The number of carbonyl (C=O) groups excluding carboxylic acids is 1. The summed E-state index contributed by atoms with van der Waals surface area (Å²) in [6.07, 6.45) is 6.41. The van der Waals surface area contributed by atoms with E-state index in [-0.39, 0.29) is 12.1 Å². The molecule has 1 aromatic rings. The van der Waals surface area contributed by atoms with Crippen molar-refractivity contribution in [1.82, 2.24) is 5.32 Å². The smallest absolute Gasteiger partial charge is 0.341 e. The van der Waals surface area contributed by atoms with E-state index in [1.807, 2.05) is 49.4 Å². The van der Waals surface area contributed by atoms with E-state index in [0.29, 0.717) is 25.3 Å². The SMILES string of the molecule is CCCCOCCC(/C=C\COC)=NC(=O)NC(C)c1ccccc1. The lowest BCUT2D eigenvalue weighted by molar-refractivity contribution is 0.138. The van der Waals surface area contributed by atoms with Gasteiger partial charge < -0.3 is 14.8 Å². The number of aliphatic imine (C=N–C) groups is 1. The second-order valence-electron chi connectivity index (χ2n) is 5.76. The van der Waals surface area contributed by atoms with E-state index in [2.05, 4.69) is 17.2 Å². The second-order valence-corrected chi connectivity index (χ2v) is 5.76. The number of urea groups is 1. The lowest BCUT2D eigenvalue weighted by Crippen LogP contribution is -2.24. The molecule has 0 saturated heterocycles. The van der Waals surface area contributed by atoms with Crippen molar-refractivity contribution in [2.24, 2.45) is 4.99 Å². The van der Waals surface area contributed by atoms with Gasteiger partial charge in [-0.05, 0) is 25.0 Å². The third kappa shape index (κ3) is 9.79. The Morgan fingerprint density at radius 1 is 1.28 bits per heavy atom. The van der Waals surface area contributed by atoms with E-state index in [4.69, 9.17) is 9.47 Å². The van der Waals surface area contributed by atoms with Crippen molar-refractivity contribution >= 4 is 11.7 Å². The Kier molecular flexibility index (Phi) is 11.2. The van der Waals surface area contributed by atoms with Crippen LogP contribution >= 0.6 is 0 Å². The number of benzene rings is 1. The van der Waals surface area contributed by atoms with Crippen LogP contribution in [0.1, 0.15) is 44.7 Å². The van der Waals surface area contributed by atoms with E-state index in [0.717, 1.165) is 25.0 Å². The summed E-state index contributed by atoms with van der Waals surface area (Å²) in [5.41, 5.74) is 1.73. The summed E-state index contributed by atoms with van der Waals surface area (Å²) in [6, 6.07) is 9.38. The molecule has 0 saturated carbocycles. The molecule has 5 heteroatoms. The fourth-order valence-electron chi connectivity index (χ4n) is 2.16.